The summed E-state index contributed by atoms with van der Waals surface area (Å²) in [6.45, 7) is 4.11. The maximum absolute atomic E-state index is 13.2. The van der Waals surface area contributed by atoms with Crippen molar-refractivity contribution >= 4 is 11.6 Å². The lowest BCUT2D eigenvalue weighted by Crippen LogP contribution is -2.40. The van der Waals surface area contributed by atoms with Crippen molar-refractivity contribution in [2.75, 3.05) is 0 Å². The van der Waals surface area contributed by atoms with Crippen molar-refractivity contribution in [1.82, 2.24) is 5.43 Å². The Morgan fingerprint density at radius 3 is 2.67 bits per heavy atom. The maximum atomic E-state index is 13.2. The van der Waals surface area contributed by atoms with Crippen LogP contribution in [0, 0.1) is 11.7 Å². The van der Waals surface area contributed by atoms with Crippen LogP contribution in [0.2, 0.25) is 5.02 Å². The van der Waals surface area contributed by atoms with Crippen molar-refractivity contribution in [1.29, 1.82) is 0 Å². The molecule has 0 amide bonds. The summed E-state index contributed by atoms with van der Waals surface area (Å²) in [5.74, 6) is 5.41. The second-order valence-electron chi connectivity index (χ2n) is 3.93. The first-order valence-corrected chi connectivity index (χ1v) is 5.33. The summed E-state index contributed by atoms with van der Waals surface area (Å²) in [4.78, 5) is 0. The molecule has 1 atom stereocenters. The Kier molecular flexibility index (Phi) is 4.51. The van der Waals surface area contributed by atoms with E-state index in [0.29, 0.717) is 12.3 Å². The lowest BCUT2D eigenvalue weighted by Gasteiger charge is -2.20. The predicted molar refractivity (Wildman–Crippen MR) is 61.1 cm³/mol. The summed E-state index contributed by atoms with van der Waals surface area (Å²) in [7, 11) is 0. The third-order valence-electron chi connectivity index (χ3n) is 2.49. The predicted octanol–water partition coefficient (Wildman–Crippen LogP) is 2.51. The molecule has 4 heteroatoms. The van der Waals surface area contributed by atoms with Gasteiger partial charge in [0.2, 0.25) is 0 Å². The molecule has 0 bridgehead atoms. The molecular formula is C11H16ClFN2. The first kappa shape index (κ1) is 12.4. The Morgan fingerprint density at radius 1 is 1.47 bits per heavy atom. The van der Waals surface area contributed by atoms with Gasteiger partial charge >= 0.3 is 0 Å². The van der Waals surface area contributed by atoms with E-state index < -0.39 is 0 Å². The van der Waals surface area contributed by atoms with Gasteiger partial charge < -0.3 is 0 Å². The minimum absolute atomic E-state index is 0.101. The number of hydrazine groups is 1. The van der Waals surface area contributed by atoms with Gasteiger partial charge in [-0.25, -0.2) is 4.39 Å². The second-order valence-corrected chi connectivity index (χ2v) is 4.31. The zero-order chi connectivity index (χ0) is 11.4. The second kappa shape index (κ2) is 5.45. The molecule has 0 radical (unpaired) electrons. The van der Waals surface area contributed by atoms with Crippen LogP contribution < -0.4 is 11.3 Å². The van der Waals surface area contributed by atoms with Crippen LogP contribution in [0.4, 0.5) is 4.39 Å². The number of halogens is 2. The van der Waals surface area contributed by atoms with Crippen LogP contribution in [0.1, 0.15) is 19.4 Å². The number of rotatable bonds is 4. The SMILES string of the molecule is CC(C)C(Cc1cccc(F)c1Cl)NN. The fourth-order valence-electron chi connectivity index (χ4n) is 1.43. The highest BCUT2D eigenvalue weighted by molar-refractivity contribution is 6.31. The summed E-state index contributed by atoms with van der Waals surface area (Å²) >= 11 is 5.86. The minimum atomic E-state index is -0.381. The molecule has 0 fully saturated rings. The summed E-state index contributed by atoms with van der Waals surface area (Å²) in [5, 5.41) is 0.193. The van der Waals surface area contributed by atoms with Gasteiger partial charge in [-0.15, -0.1) is 0 Å². The Bertz CT molecular complexity index is 328. The Hall–Kier alpha value is -0.640. The van der Waals surface area contributed by atoms with Gasteiger partial charge in [-0.2, -0.15) is 0 Å². The summed E-state index contributed by atoms with van der Waals surface area (Å²) < 4.78 is 13.2. The molecule has 84 valence electrons. The number of nitrogens with two attached hydrogens (primary N) is 1. The van der Waals surface area contributed by atoms with Crippen LogP contribution in [0.15, 0.2) is 18.2 Å². The highest BCUT2D eigenvalue weighted by atomic mass is 35.5. The standard InChI is InChI=1S/C11H16ClFN2/c1-7(2)10(15-14)6-8-4-3-5-9(13)11(8)12/h3-5,7,10,15H,6,14H2,1-2H3. The molecule has 0 saturated heterocycles. The summed E-state index contributed by atoms with van der Waals surface area (Å²) in [6, 6.07) is 4.93. The van der Waals surface area contributed by atoms with Crippen LogP contribution in [-0.4, -0.2) is 6.04 Å². The van der Waals surface area contributed by atoms with Crippen molar-refractivity contribution in [3.05, 3.63) is 34.6 Å². The Morgan fingerprint density at radius 2 is 2.13 bits per heavy atom. The van der Waals surface area contributed by atoms with Gasteiger partial charge in [-0.3, -0.25) is 11.3 Å². The molecule has 0 heterocycles. The Balaban J connectivity index is 2.84. The zero-order valence-electron chi connectivity index (χ0n) is 8.93. The third kappa shape index (κ3) is 3.16. The average Bonchev–Trinajstić information content (AvgIpc) is 2.19. The van der Waals surface area contributed by atoms with Gasteiger partial charge in [0.1, 0.15) is 5.82 Å². The van der Waals surface area contributed by atoms with Crippen molar-refractivity contribution in [2.24, 2.45) is 11.8 Å². The van der Waals surface area contributed by atoms with Crippen LogP contribution >= 0.6 is 11.6 Å². The first-order chi connectivity index (χ1) is 7.06. The number of nitrogens with one attached hydrogen (secondary N) is 1. The fourth-order valence-corrected chi connectivity index (χ4v) is 1.63. The van der Waals surface area contributed by atoms with E-state index >= 15 is 0 Å². The van der Waals surface area contributed by atoms with E-state index in [1.54, 1.807) is 6.07 Å². The van der Waals surface area contributed by atoms with Gasteiger partial charge in [0.05, 0.1) is 5.02 Å². The van der Waals surface area contributed by atoms with Gasteiger partial charge in [0.15, 0.2) is 0 Å². The quantitative estimate of drug-likeness (QED) is 0.616. The number of hydrogen-bond donors (Lipinski definition) is 2. The molecule has 1 aromatic rings. The van der Waals surface area contributed by atoms with Crippen LogP contribution in [0.3, 0.4) is 0 Å². The highest BCUT2D eigenvalue weighted by Gasteiger charge is 2.15. The lowest BCUT2D eigenvalue weighted by atomic mass is 9.97. The summed E-state index contributed by atoms with van der Waals surface area (Å²) in [6.07, 6.45) is 0.630. The van der Waals surface area contributed by atoms with Gasteiger partial charge in [-0.1, -0.05) is 37.6 Å². The molecule has 2 nitrogen and oxygen atoms in total. The molecule has 0 aromatic heterocycles. The lowest BCUT2D eigenvalue weighted by molar-refractivity contribution is 0.404. The average molecular weight is 231 g/mol. The van der Waals surface area contributed by atoms with E-state index in [2.05, 4.69) is 19.3 Å². The molecule has 0 aliphatic rings. The summed E-state index contributed by atoms with van der Waals surface area (Å²) in [5.41, 5.74) is 3.50. The smallest absolute Gasteiger partial charge is 0.142 e. The van der Waals surface area contributed by atoms with E-state index in [1.165, 1.54) is 6.07 Å². The van der Waals surface area contributed by atoms with E-state index in [0.717, 1.165) is 5.56 Å². The van der Waals surface area contributed by atoms with Gasteiger partial charge in [-0.05, 0) is 24.0 Å². The highest BCUT2D eigenvalue weighted by Crippen LogP contribution is 2.22. The molecule has 0 spiro atoms. The van der Waals surface area contributed by atoms with E-state index in [1.807, 2.05) is 6.07 Å². The molecule has 0 aliphatic carbocycles. The maximum Gasteiger partial charge on any atom is 0.142 e. The number of benzene rings is 1. The fraction of sp³-hybridized carbons (Fsp3) is 0.455. The van der Waals surface area contributed by atoms with E-state index in [9.17, 15) is 4.39 Å². The molecule has 15 heavy (non-hydrogen) atoms. The van der Waals surface area contributed by atoms with E-state index in [-0.39, 0.29) is 16.9 Å². The van der Waals surface area contributed by atoms with Gasteiger partial charge in [0, 0.05) is 6.04 Å². The van der Waals surface area contributed by atoms with Crippen molar-refractivity contribution in [3.63, 3.8) is 0 Å². The largest absolute Gasteiger partial charge is 0.271 e. The molecular weight excluding hydrogens is 215 g/mol. The van der Waals surface area contributed by atoms with Crippen LogP contribution in [0.5, 0.6) is 0 Å². The zero-order valence-corrected chi connectivity index (χ0v) is 9.68. The topological polar surface area (TPSA) is 38.0 Å². The van der Waals surface area contributed by atoms with Gasteiger partial charge in [0.25, 0.3) is 0 Å². The van der Waals surface area contributed by atoms with Crippen LogP contribution in [-0.2, 0) is 6.42 Å². The molecule has 0 saturated carbocycles. The van der Waals surface area contributed by atoms with Crippen molar-refractivity contribution in [3.8, 4) is 0 Å². The molecule has 1 aromatic carbocycles. The first-order valence-electron chi connectivity index (χ1n) is 4.95. The Labute approximate surface area is 94.6 Å². The molecule has 0 aliphatic heterocycles. The molecule has 1 rings (SSSR count). The van der Waals surface area contributed by atoms with Crippen molar-refractivity contribution in [2.45, 2.75) is 26.3 Å². The van der Waals surface area contributed by atoms with Crippen molar-refractivity contribution < 1.29 is 4.39 Å². The molecule has 3 N–H and O–H groups in total. The number of hydrogen-bond acceptors (Lipinski definition) is 2. The normalized spacial score (nSPS) is 13.2. The minimum Gasteiger partial charge on any atom is -0.271 e. The van der Waals surface area contributed by atoms with Crippen LogP contribution in [0.25, 0.3) is 0 Å². The van der Waals surface area contributed by atoms with E-state index in [4.69, 9.17) is 17.4 Å². The molecule has 1 unspecified atom stereocenters. The monoisotopic (exact) mass is 230 g/mol. The third-order valence-corrected chi connectivity index (χ3v) is 2.91.